The summed E-state index contributed by atoms with van der Waals surface area (Å²) in [7, 11) is 2.13. The molecule has 0 radical (unpaired) electrons. The number of aliphatic hydroxyl groups is 1. The minimum atomic E-state index is -0.193. The average molecular weight is 227 g/mol. The molecule has 0 amide bonds. The second-order valence-electron chi connectivity index (χ2n) is 4.25. The molecule has 3 heteroatoms. The van der Waals surface area contributed by atoms with Gasteiger partial charge in [0.05, 0.1) is 6.10 Å². The number of hydrogen-bond acceptors (Lipinski definition) is 3. The highest BCUT2D eigenvalue weighted by atomic mass is 32.1. The number of thiophene rings is 1. The highest BCUT2D eigenvalue weighted by molar-refractivity contribution is 7.09. The zero-order chi connectivity index (χ0) is 11.3. The van der Waals surface area contributed by atoms with Crippen molar-refractivity contribution in [2.45, 2.75) is 38.8 Å². The van der Waals surface area contributed by atoms with Gasteiger partial charge >= 0.3 is 0 Å². The molecule has 1 N–H and O–H groups in total. The fourth-order valence-electron chi connectivity index (χ4n) is 1.49. The normalized spacial score (nSPS) is 15.5. The molecule has 2 unspecified atom stereocenters. The van der Waals surface area contributed by atoms with E-state index in [1.807, 2.05) is 18.3 Å². The summed E-state index contributed by atoms with van der Waals surface area (Å²) in [6.07, 6.45) is 1.76. The molecule has 0 aromatic carbocycles. The third-order valence-electron chi connectivity index (χ3n) is 2.73. The van der Waals surface area contributed by atoms with Gasteiger partial charge < -0.3 is 10.0 Å². The van der Waals surface area contributed by atoms with Gasteiger partial charge in [0.2, 0.25) is 0 Å². The maximum atomic E-state index is 9.22. The number of aliphatic hydroxyl groups excluding tert-OH is 1. The first kappa shape index (κ1) is 12.7. The fraction of sp³-hybridized carbons (Fsp3) is 0.667. The number of hydrogen-bond donors (Lipinski definition) is 1. The predicted octanol–water partition coefficient (Wildman–Crippen LogP) is 2.38. The largest absolute Gasteiger partial charge is 0.393 e. The number of nitrogens with zero attached hydrogens (tertiary/aromatic N) is 1. The molecule has 0 aliphatic heterocycles. The Balaban J connectivity index is 2.30. The first-order chi connectivity index (χ1) is 7.09. The lowest BCUT2D eigenvalue weighted by Gasteiger charge is -2.24. The molecule has 0 spiro atoms. The summed E-state index contributed by atoms with van der Waals surface area (Å²) in [5.74, 6) is 0. The van der Waals surface area contributed by atoms with E-state index in [1.54, 1.807) is 0 Å². The van der Waals surface area contributed by atoms with Gasteiger partial charge in [0.1, 0.15) is 0 Å². The molecule has 0 aliphatic rings. The SMILES string of the molecule is CC(O)CCN(C)C(C)Cc1cccs1. The van der Waals surface area contributed by atoms with Crippen molar-refractivity contribution < 1.29 is 5.11 Å². The van der Waals surface area contributed by atoms with Crippen LogP contribution in [0, 0.1) is 0 Å². The smallest absolute Gasteiger partial charge is 0.0524 e. The van der Waals surface area contributed by atoms with Crippen molar-refractivity contribution in [1.29, 1.82) is 0 Å². The lowest BCUT2D eigenvalue weighted by atomic mass is 10.1. The second kappa shape index (κ2) is 6.26. The Morgan fingerprint density at radius 2 is 2.20 bits per heavy atom. The van der Waals surface area contributed by atoms with Crippen LogP contribution < -0.4 is 0 Å². The Bertz CT molecular complexity index is 259. The van der Waals surface area contributed by atoms with Crippen LogP contribution in [0.25, 0.3) is 0 Å². The van der Waals surface area contributed by atoms with Gasteiger partial charge in [0.15, 0.2) is 0 Å². The molecule has 1 rings (SSSR count). The predicted molar refractivity (Wildman–Crippen MR) is 66.4 cm³/mol. The van der Waals surface area contributed by atoms with Gasteiger partial charge in [0.25, 0.3) is 0 Å². The van der Waals surface area contributed by atoms with E-state index in [1.165, 1.54) is 4.88 Å². The minimum Gasteiger partial charge on any atom is -0.393 e. The molecule has 0 saturated carbocycles. The molecule has 86 valence electrons. The third-order valence-corrected chi connectivity index (χ3v) is 3.63. The summed E-state index contributed by atoms with van der Waals surface area (Å²) in [6.45, 7) is 5.05. The lowest BCUT2D eigenvalue weighted by Crippen LogP contribution is -2.32. The molecule has 0 bridgehead atoms. The van der Waals surface area contributed by atoms with E-state index in [0.29, 0.717) is 6.04 Å². The van der Waals surface area contributed by atoms with Crippen LogP contribution >= 0.6 is 11.3 Å². The van der Waals surface area contributed by atoms with Crippen molar-refractivity contribution in [1.82, 2.24) is 4.90 Å². The standard InChI is InChI=1S/C12H21NOS/c1-10(9-12-5-4-8-15-12)13(3)7-6-11(2)14/h4-5,8,10-11,14H,6-7,9H2,1-3H3. The van der Waals surface area contributed by atoms with E-state index in [4.69, 9.17) is 0 Å². The van der Waals surface area contributed by atoms with Crippen LogP contribution in [0.15, 0.2) is 17.5 Å². The van der Waals surface area contributed by atoms with Crippen molar-refractivity contribution >= 4 is 11.3 Å². The van der Waals surface area contributed by atoms with Crippen molar-refractivity contribution in [2.24, 2.45) is 0 Å². The molecule has 0 fully saturated rings. The monoisotopic (exact) mass is 227 g/mol. The quantitative estimate of drug-likeness (QED) is 0.806. The van der Waals surface area contributed by atoms with Crippen LogP contribution in [-0.2, 0) is 6.42 Å². The van der Waals surface area contributed by atoms with Crippen LogP contribution in [-0.4, -0.2) is 35.7 Å². The first-order valence-electron chi connectivity index (χ1n) is 5.50. The zero-order valence-corrected chi connectivity index (χ0v) is 10.6. The van der Waals surface area contributed by atoms with Crippen LogP contribution in [0.3, 0.4) is 0 Å². The van der Waals surface area contributed by atoms with Gasteiger partial charge in [-0.3, -0.25) is 0 Å². The van der Waals surface area contributed by atoms with Crippen LogP contribution in [0.4, 0.5) is 0 Å². The van der Waals surface area contributed by atoms with Crippen molar-refractivity contribution in [3.63, 3.8) is 0 Å². The highest BCUT2D eigenvalue weighted by Gasteiger charge is 2.10. The molecule has 1 aromatic heterocycles. The van der Waals surface area contributed by atoms with Crippen molar-refractivity contribution in [3.8, 4) is 0 Å². The molecule has 0 saturated heterocycles. The third kappa shape index (κ3) is 4.78. The maximum absolute atomic E-state index is 9.22. The average Bonchev–Trinajstić information content (AvgIpc) is 2.66. The Kier molecular flexibility index (Phi) is 5.29. The fourth-order valence-corrected chi connectivity index (χ4v) is 2.31. The molecule has 2 nitrogen and oxygen atoms in total. The minimum absolute atomic E-state index is 0.193. The van der Waals surface area contributed by atoms with E-state index >= 15 is 0 Å². The van der Waals surface area contributed by atoms with Crippen LogP contribution in [0.5, 0.6) is 0 Å². The summed E-state index contributed by atoms with van der Waals surface area (Å²) < 4.78 is 0. The van der Waals surface area contributed by atoms with E-state index < -0.39 is 0 Å². The number of rotatable bonds is 6. The first-order valence-corrected chi connectivity index (χ1v) is 6.38. The van der Waals surface area contributed by atoms with Gasteiger partial charge in [-0.15, -0.1) is 11.3 Å². The lowest BCUT2D eigenvalue weighted by molar-refractivity contribution is 0.152. The number of likely N-dealkylation sites (N-methyl/N-ethyl adjacent to an activating group) is 1. The Morgan fingerprint density at radius 1 is 1.47 bits per heavy atom. The van der Waals surface area contributed by atoms with Gasteiger partial charge in [-0.25, -0.2) is 0 Å². The molecular formula is C12H21NOS. The molecule has 2 atom stereocenters. The van der Waals surface area contributed by atoms with E-state index in [-0.39, 0.29) is 6.10 Å². The summed E-state index contributed by atoms with van der Waals surface area (Å²) in [5.41, 5.74) is 0. The van der Waals surface area contributed by atoms with Gasteiger partial charge in [0, 0.05) is 17.5 Å². The Morgan fingerprint density at radius 3 is 2.73 bits per heavy atom. The Hall–Kier alpha value is -0.380. The molecule has 1 heterocycles. The molecule has 1 aromatic rings. The second-order valence-corrected chi connectivity index (χ2v) is 5.28. The van der Waals surface area contributed by atoms with Gasteiger partial charge in [-0.1, -0.05) is 6.07 Å². The maximum Gasteiger partial charge on any atom is 0.0524 e. The van der Waals surface area contributed by atoms with Gasteiger partial charge in [-0.05, 0) is 45.2 Å². The Labute approximate surface area is 96.5 Å². The van der Waals surface area contributed by atoms with E-state index in [2.05, 4.69) is 36.4 Å². The van der Waals surface area contributed by atoms with Crippen molar-refractivity contribution in [3.05, 3.63) is 22.4 Å². The molecule has 15 heavy (non-hydrogen) atoms. The van der Waals surface area contributed by atoms with Crippen molar-refractivity contribution in [2.75, 3.05) is 13.6 Å². The zero-order valence-electron chi connectivity index (χ0n) is 9.81. The molecule has 0 aliphatic carbocycles. The van der Waals surface area contributed by atoms with Crippen LogP contribution in [0.2, 0.25) is 0 Å². The van der Waals surface area contributed by atoms with E-state index in [0.717, 1.165) is 19.4 Å². The summed E-state index contributed by atoms with van der Waals surface area (Å²) in [5, 5.41) is 11.3. The highest BCUT2D eigenvalue weighted by Crippen LogP contribution is 2.13. The van der Waals surface area contributed by atoms with Crippen LogP contribution in [0.1, 0.15) is 25.1 Å². The summed E-state index contributed by atoms with van der Waals surface area (Å²) in [6, 6.07) is 4.83. The summed E-state index contributed by atoms with van der Waals surface area (Å²) >= 11 is 1.82. The summed E-state index contributed by atoms with van der Waals surface area (Å²) in [4.78, 5) is 3.75. The molecular weight excluding hydrogens is 206 g/mol. The topological polar surface area (TPSA) is 23.5 Å². The van der Waals surface area contributed by atoms with E-state index in [9.17, 15) is 5.11 Å². The van der Waals surface area contributed by atoms with Gasteiger partial charge in [-0.2, -0.15) is 0 Å².